The zero-order valence-electron chi connectivity index (χ0n) is 7.95. The number of likely N-dealkylation sites (N-methyl/N-ethyl adjacent to an activating group) is 1. The van der Waals surface area contributed by atoms with E-state index >= 15 is 0 Å². The molecule has 0 aromatic heterocycles. The molecule has 2 rings (SSSR count). The van der Waals surface area contributed by atoms with Crippen molar-refractivity contribution in [3.05, 3.63) is 0 Å². The fourth-order valence-corrected chi connectivity index (χ4v) is 1.47. The Morgan fingerprint density at radius 2 is 2.38 bits per heavy atom. The van der Waals surface area contributed by atoms with Crippen LogP contribution in [0, 0.1) is 0 Å². The quantitative estimate of drug-likeness (QED) is 0.648. The number of carbonyl (C=O) groups excluding carboxylic acids is 1. The van der Waals surface area contributed by atoms with Crippen molar-refractivity contribution in [2.24, 2.45) is 0 Å². The lowest BCUT2D eigenvalue weighted by Gasteiger charge is -2.30. The first-order valence-corrected chi connectivity index (χ1v) is 4.84. The molecule has 13 heavy (non-hydrogen) atoms. The average molecular weight is 184 g/mol. The molecule has 1 aliphatic carbocycles. The first-order valence-electron chi connectivity index (χ1n) is 4.84. The van der Waals surface area contributed by atoms with Crippen molar-refractivity contribution in [2.75, 3.05) is 26.7 Å². The van der Waals surface area contributed by atoms with Crippen molar-refractivity contribution in [3.63, 3.8) is 0 Å². The number of amides is 1. The molecule has 2 aliphatic rings. The van der Waals surface area contributed by atoms with Gasteiger partial charge in [-0.3, -0.25) is 4.79 Å². The van der Waals surface area contributed by atoms with E-state index in [2.05, 4.69) is 5.32 Å². The minimum atomic E-state index is 0.0858. The van der Waals surface area contributed by atoms with E-state index in [4.69, 9.17) is 4.74 Å². The third-order valence-corrected chi connectivity index (χ3v) is 2.56. The van der Waals surface area contributed by atoms with Gasteiger partial charge in [-0.05, 0) is 12.8 Å². The van der Waals surface area contributed by atoms with Gasteiger partial charge in [-0.2, -0.15) is 0 Å². The van der Waals surface area contributed by atoms with Gasteiger partial charge >= 0.3 is 0 Å². The van der Waals surface area contributed by atoms with Crippen molar-refractivity contribution in [1.82, 2.24) is 10.2 Å². The van der Waals surface area contributed by atoms with Crippen LogP contribution < -0.4 is 5.32 Å². The first kappa shape index (κ1) is 8.97. The second kappa shape index (κ2) is 3.64. The zero-order chi connectivity index (χ0) is 9.26. The van der Waals surface area contributed by atoms with E-state index < -0.39 is 0 Å². The molecule has 1 saturated carbocycles. The van der Waals surface area contributed by atoms with Crippen LogP contribution in [-0.2, 0) is 9.53 Å². The summed E-state index contributed by atoms with van der Waals surface area (Å²) in [5.74, 6) is 0.0858. The summed E-state index contributed by atoms with van der Waals surface area (Å²) in [7, 11) is 1.83. The number of morpholine rings is 1. The van der Waals surface area contributed by atoms with E-state index in [0.29, 0.717) is 6.04 Å². The smallest absolute Gasteiger partial charge is 0.248 e. The molecule has 1 unspecified atom stereocenters. The molecule has 1 amide bonds. The van der Waals surface area contributed by atoms with Crippen LogP contribution in [0.4, 0.5) is 0 Å². The van der Waals surface area contributed by atoms with Crippen LogP contribution in [0.2, 0.25) is 0 Å². The minimum Gasteiger partial charge on any atom is -0.365 e. The van der Waals surface area contributed by atoms with E-state index in [1.807, 2.05) is 7.05 Å². The van der Waals surface area contributed by atoms with Gasteiger partial charge in [-0.1, -0.05) is 0 Å². The van der Waals surface area contributed by atoms with E-state index in [1.165, 1.54) is 12.8 Å². The Hall–Kier alpha value is -0.610. The zero-order valence-corrected chi connectivity index (χ0v) is 7.95. The standard InChI is InChI=1S/C9H16N2O2/c1-11-5-8(13-6-9(11)12)4-10-7-2-3-7/h7-8,10H,2-6H2,1H3. The number of hydrogen-bond donors (Lipinski definition) is 1. The van der Waals surface area contributed by atoms with Crippen molar-refractivity contribution >= 4 is 5.91 Å². The summed E-state index contributed by atoms with van der Waals surface area (Å²) in [4.78, 5) is 12.8. The van der Waals surface area contributed by atoms with Crippen molar-refractivity contribution in [3.8, 4) is 0 Å². The molecule has 0 aromatic rings. The molecule has 2 fully saturated rings. The van der Waals surface area contributed by atoms with Gasteiger partial charge in [0.05, 0.1) is 6.10 Å². The van der Waals surface area contributed by atoms with Gasteiger partial charge < -0.3 is 15.0 Å². The highest BCUT2D eigenvalue weighted by Crippen LogP contribution is 2.18. The lowest BCUT2D eigenvalue weighted by Crippen LogP contribution is -2.48. The molecular weight excluding hydrogens is 168 g/mol. The molecule has 0 spiro atoms. The van der Waals surface area contributed by atoms with Crippen LogP contribution in [0.15, 0.2) is 0 Å². The Labute approximate surface area is 78.2 Å². The van der Waals surface area contributed by atoms with Crippen molar-refractivity contribution in [2.45, 2.75) is 25.0 Å². The van der Waals surface area contributed by atoms with Gasteiger partial charge in [0.2, 0.25) is 5.91 Å². The maximum Gasteiger partial charge on any atom is 0.248 e. The van der Waals surface area contributed by atoms with Crippen LogP contribution in [0.1, 0.15) is 12.8 Å². The lowest BCUT2D eigenvalue weighted by molar-refractivity contribution is -0.146. The molecule has 0 radical (unpaired) electrons. The Morgan fingerprint density at radius 3 is 3.00 bits per heavy atom. The van der Waals surface area contributed by atoms with Crippen molar-refractivity contribution in [1.29, 1.82) is 0 Å². The number of ether oxygens (including phenoxy) is 1. The number of nitrogens with zero attached hydrogens (tertiary/aromatic N) is 1. The summed E-state index contributed by atoms with van der Waals surface area (Å²) in [5.41, 5.74) is 0. The molecule has 74 valence electrons. The lowest BCUT2D eigenvalue weighted by atomic mass is 10.3. The van der Waals surface area contributed by atoms with Gasteiger partial charge in [0.15, 0.2) is 0 Å². The number of carbonyl (C=O) groups is 1. The Kier molecular flexibility index (Phi) is 2.51. The number of nitrogens with one attached hydrogen (secondary N) is 1. The van der Waals surface area contributed by atoms with Gasteiger partial charge in [0, 0.05) is 26.2 Å². The van der Waals surface area contributed by atoms with Crippen LogP contribution >= 0.6 is 0 Å². The second-order valence-electron chi connectivity index (χ2n) is 3.89. The molecule has 4 nitrogen and oxygen atoms in total. The Morgan fingerprint density at radius 1 is 1.62 bits per heavy atom. The fraction of sp³-hybridized carbons (Fsp3) is 0.889. The molecule has 1 N–H and O–H groups in total. The van der Waals surface area contributed by atoms with E-state index in [0.717, 1.165) is 13.1 Å². The highest BCUT2D eigenvalue weighted by Gasteiger charge is 2.26. The third-order valence-electron chi connectivity index (χ3n) is 2.56. The second-order valence-corrected chi connectivity index (χ2v) is 3.89. The molecule has 1 saturated heterocycles. The summed E-state index contributed by atoms with van der Waals surface area (Å²) < 4.78 is 5.39. The largest absolute Gasteiger partial charge is 0.365 e. The normalized spacial score (nSPS) is 29.5. The highest BCUT2D eigenvalue weighted by molar-refractivity contribution is 5.77. The summed E-state index contributed by atoms with van der Waals surface area (Å²) >= 11 is 0. The maximum absolute atomic E-state index is 11.1. The van der Waals surface area contributed by atoms with Gasteiger partial charge in [0.25, 0.3) is 0 Å². The van der Waals surface area contributed by atoms with Crippen LogP contribution in [-0.4, -0.2) is 49.7 Å². The summed E-state index contributed by atoms with van der Waals surface area (Å²) in [6.45, 7) is 1.84. The average Bonchev–Trinajstić information content (AvgIpc) is 2.91. The molecular formula is C9H16N2O2. The predicted molar refractivity (Wildman–Crippen MR) is 48.4 cm³/mol. The summed E-state index contributed by atoms with van der Waals surface area (Å²) in [6, 6.07) is 0.714. The monoisotopic (exact) mass is 184 g/mol. The van der Waals surface area contributed by atoms with Gasteiger partial charge in [0.1, 0.15) is 6.61 Å². The molecule has 4 heteroatoms. The highest BCUT2D eigenvalue weighted by atomic mass is 16.5. The van der Waals surface area contributed by atoms with Crippen LogP contribution in [0.25, 0.3) is 0 Å². The fourth-order valence-electron chi connectivity index (χ4n) is 1.47. The Balaban J connectivity index is 1.70. The topological polar surface area (TPSA) is 41.6 Å². The molecule has 1 atom stereocenters. The maximum atomic E-state index is 11.1. The third kappa shape index (κ3) is 2.42. The predicted octanol–water partition coefficient (Wildman–Crippen LogP) is -0.404. The van der Waals surface area contributed by atoms with E-state index in [-0.39, 0.29) is 18.6 Å². The minimum absolute atomic E-state index is 0.0858. The van der Waals surface area contributed by atoms with Crippen LogP contribution in [0.5, 0.6) is 0 Å². The number of hydrogen-bond acceptors (Lipinski definition) is 3. The number of rotatable bonds is 3. The van der Waals surface area contributed by atoms with Crippen LogP contribution in [0.3, 0.4) is 0 Å². The van der Waals surface area contributed by atoms with Gasteiger partial charge in [-0.15, -0.1) is 0 Å². The van der Waals surface area contributed by atoms with E-state index in [1.54, 1.807) is 4.90 Å². The van der Waals surface area contributed by atoms with Gasteiger partial charge in [-0.25, -0.2) is 0 Å². The first-order chi connectivity index (χ1) is 6.25. The summed E-state index contributed by atoms with van der Waals surface area (Å²) in [6.07, 6.45) is 2.77. The SMILES string of the molecule is CN1CC(CNC2CC2)OCC1=O. The Bertz CT molecular complexity index is 204. The molecule has 0 aromatic carbocycles. The molecule has 1 aliphatic heterocycles. The molecule has 0 bridgehead atoms. The molecule has 1 heterocycles. The van der Waals surface area contributed by atoms with E-state index in [9.17, 15) is 4.79 Å². The summed E-state index contributed by atoms with van der Waals surface area (Å²) in [5, 5.41) is 3.40. The van der Waals surface area contributed by atoms with Crippen molar-refractivity contribution < 1.29 is 9.53 Å².